The summed E-state index contributed by atoms with van der Waals surface area (Å²) >= 11 is 0. The summed E-state index contributed by atoms with van der Waals surface area (Å²) in [7, 11) is 0. The molecule has 0 aromatic rings. The highest BCUT2D eigenvalue weighted by Gasteiger charge is 2.04. The summed E-state index contributed by atoms with van der Waals surface area (Å²) in [5.74, 6) is -1.47. The van der Waals surface area contributed by atoms with Gasteiger partial charge in [0.15, 0.2) is 0 Å². The Labute approximate surface area is 225 Å². The molecule has 0 unspecified atom stereocenters. The average molecular weight is 555 g/mol. The zero-order chi connectivity index (χ0) is 27.9. The van der Waals surface area contributed by atoms with E-state index in [9.17, 15) is 14.4 Å². The van der Waals surface area contributed by atoms with Crippen molar-refractivity contribution in [3.8, 4) is 0 Å². The van der Waals surface area contributed by atoms with Gasteiger partial charge in [-0.1, -0.05) is 0 Å². The second-order valence-electron chi connectivity index (χ2n) is 7.66. The topological polar surface area (TPSA) is 155 Å². The lowest BCUT2D eigenvalue weighted by Crippen LogP contribution is -2.15. The molecule has 0 bridgehead atoms. The van der Waals surface area contributed by atoms with E-state index in [1.165, 1.54) is 0 Å². The lowest BCUT2D eigenvalue weighted by Gasteiger charge is -2.08. The van der Waals surface area contributed by atoms with Crippen molar-refractivity contribution in [2.24, 2.45) is 0 Å². The van der Waals surface area contributed by atoms with Gasteiger partial charge in [0, 0.05) is 12.8 Å². The van der Waals surface area contributed by atoms with Gasteiger partial charge in [-0.25, -0.2) is 0 Å². The summed E-state index contributed by atoms with van der Waals surface area (Å²) < 4.78 is 47.3. The molecular formula is C25H46O13. The molecule has 0 aromatic heterocycles. The molecule has 0 aliphatic carbocycles. The molecule has 0 rings (SSSR count). The zero-order valence-corrected chi connectivity index (χ0v) is 22.7. The highest BCUT2D eigenvalue weighted by molar-refractivity contribution is 5.70. The van der Waals surface area contributed by atoms with Gasteiger partial charge < -0.3 is 47.7 Å². The Morgan fingerprint density at radius 1 is 0.447 bits per heavy atom. The first-order valence-electron chi connectivity index (χ1n) is 13.1. The SMILES string of the molecule is CCOC(=O)CCOCCOCCOCCOCCOCCOCCOCCOC(=O)CCCCC(=O)O. The van der Waals surface area contributed by atoms with E-state index >= 15 is 0 Å². The van der Waals surface area contributed by atoms with E-state index in [0.717, 1.165) is 0 Å². The van der Waals surface area contributed by atoms with Crippen molar-refractivity contribution in [1.29, 1.82) is 0 Å². The number of carboxylic acids is 1. The smallest absolute Gasteiger partial charge is 0.308 e. The third-order valence-electron chi connectivity index (χ3n) is 4.50. The number of unbranched alkanes of at least 4 members (excludes halogenated alkanes) is 1. The van der Waals surface area contributed by atoms with Crippen molar-refractivity contribution < 1.29 is 62.1 Å². The molecular weight excluding hydrogens is 508 g/mol. The standard InChI is InChI=1S/C25H46O13/c1-2-37-25(29)7-8-30-9-10-31-11-12-32-13-14-33-15-16-34-17-18-35-19-20-36-21-22-38-24(28)6-4-3-5-23(26)27/h2-22H2,1H3,(H,26,27). The Hall–Kier alpha value is -1.87. The molecule has 224 valence electrons. The van der Waals surface area contributed by atoms with Gasteiger partial charge >= 0.3 is 17.9 Å². The van der Waals surface area contributed by atoms with Crippen LogP contribution in [0.5, 0.6) is 0 Å². The predicted molar refractivity (Wildman–Crippen MR) is 134 cm³/mol. The van der Waals surface area contributed by atoms with Crippen LogP contribution in [0, 0.1) is 0 Å². The van der Waals surface area contributed by atoms with Crippen LogP contribution in [0.3, 0.4) is 0 Å². The highest BCUT2D eigenvalue weighted by atomic mass is 16.6. The summed E-state index contributed by atoms with van der Waals surface area (Å²) in [4.78, 5) is 32.9. The maximum atomic E-state index is 11.4. The van der Waals surface area contributed by atoms with E-state index in [4.69, 9.17) is 47.7 Å². The van der Waals surface area contributed by atoms with Crippen molar-refractivity contribution >= 4 is 17.9 Å². The van der Waals surface area contributed by atoms with Crippen LogP contribution >= 0.6 is 0 Å². The number of hydrogen-bond acceptors (Lipinski definition) is 12. The fourth-order valence-corrected chi connectivity index (χ4v) is 2.64. The first kappa shape index (κ1) is 36.1. The second-order valence-corrected chi connectivity index (χ2v) is 7.66. The van der Waals surface area contributed by atoms with Crippen LogP contribution in [0.2, 0.25) is 0 Å². The summed E-state index contributed by atoms with van der Waals surface area (Å²) in [5.41, 5.74) is 0. The number of carboxylic acid groups (broad SMARTS) is 1. The molecule has 0 saturated carbocycles. The van der Waals surface area contributed by atoms with E-state index in [2.05, 4.69) is 0 Å². The fourth-order valence-electron chi connectivity index (χ4n) is 2.64. The van der Waals surface area contributed by atoms with Crippen LogP contribution in [-0.4, -0.2) is 129 Å². The van der Waals surface area contributed by atoms with E-state index in [1.54, 1.807) is 6.92 Å². The molecule has 13 nitrogen and oxygen atoms in total. The van der Waals surface area contributed by atoms with Gasteiger partial charge in [0.2, 0.25) is 0 Å². The molecule has 0 amide bonds. The Kier molecular flexibility index (Phi) is 28.2. The van der Waals surface area contributed by atoms with Crippen LogP contribution in [0.1, 0.15) is 39.0 Å². The normalized spacial score (nSPS) is 11.0. The predicted octanol–water partition coefficient (Wildman–Crippen LogP) is 1.24. The quantitative estimate of drug-likeness (QED) is 0.100. The van der Waals surface area contributed by atoms with Gasteiger partial charge in [0.05, 0.1) is 106 Å². The largest absolute Gasteiger partial charge is 0.481 e. The van der Waals surface area contributed by atoms with Crippen molar-refractivity contribution in [2.45, 2.75) is 39.0 Å². The number of hydrogen-bond donors (Lipinski definition) is 1. The first-order valence-corrected chi connectivity index (χ1v) is 13.1. The minimum absolute atomic E-state index is 0.0594. The van der Waals surface area contributed by atoms with Crippen molar-refractivity contribution in [3.63, 3.8) is 0 Å². The molecule has 0 spiro atoms. The first-order chi connectivity index (χ1) is 18.6. The van der Waals surface area contributed by atoms with Gasteiger partial charge in [0.25, 0.3) is 0 Å². The van der Waals surface area contributed by atoms with Gasteiger partial charge in [-0.15, -0.1) is 0 Å². The van der Waals surface area contributed by atoms with E-state index in [1.807, 2.05) is 0 Å². The average Bonchev–Trinajstić information content (AvgIpc) is 2.89. The molecule has 38 heavy (non-hydrogen) atoms. The molecule has 0 radical (unpaired) electrons. The Morgan fingerprint density at radius 2 is 0.789 bits per heavy atom. The number of esters is 2. The monoisotopic (exact) mass is 554 g/mol. The lowest BCUT2D eigenvalue weighted by atomic mass is 10.2. The van der Waals surface area contributed by atoms with Crippen LogP contribution in [-0.2, 0) is 57.0 Å². The van der Waals surface area contributed by atoms with Crippen LogP contribution < -0.4 is 0 Å². The summed E-state index contributed by atoms with van der Waals surface area (Å²) in [6.45, 7) is 8.23. The number of ether oxygens (including phenoxy) is 9. The number of carbonyl (C=O) groups is 3. The summed E-state index contributed by atoms with van der Waals surface area (Å²) in [5, 5.41) is 8.52. The van der Waals surface area contributed by atoms with Crippen molar-refractivity contribution in [3.05, 3.63) is 0 Å². The highest BCUT2D eigenvalue weighted by Crippen LogP contribution is 2.01. The van der Waals surface area contributed by atoms with E-state index < -0.39 is 5.97 Å². The molecule has 0 atom stereocenters. The van der Waals surface area contributed by atoms with Crippen LogP contribution in [0.15, 0.2) is 0 Å². The molecule has 0 fully saturated rings. The number of rotatable bonds is 30. The number of aliphatic carboxylic acids is 1. The summed E-state index contributed by atoms with van der Waals surface area (Å²) in [6, 6.07) is 0. The van der Waals surface area contributed by atoms with Crippen LogP contribution in [0.25, 0.3) is 0 Å². The summed E-state index contributed by atoms with van der Waals surface area (Å²) in [6.07, 6.45) is 1.48. The molecule has 0 saturated heterocycles. The van der Waals surface area contributed by atoms with Crippen molar-refractivity contribution in [2.75, 3.05) is 106 Å². The van der Waals surface area contributed by atoms with Crippen molar-refractivity contribution in [1.82, 2.24) is 0 Å². The molecule has 0 aliphatic rings. The lowest BCUT2D eigenvalue weighted by molar-refractivity contribution is -0.146. The minimum atomic E-state index is -0.864. The molecule has 0 aliphatic heterocycles. The minimum Gasteiger partial charge on any atom is -0.481 e. The third kappa shape index (κ3) is 30.4. The number of carbonyl (C=O) groups excluding carboxylic acids is 2. The fraction of sp³-hybridized carbons (Fsp3) is 0.880. The maximum Gasteiger partial charge on any atom is 0.308 e. The molecule has 13 heteroatoms. The Bertz CT molecular complexity index is 559. The Morgan fingerprint density at radius 3 is 1.18 bits per heavy atom. The third-order valence-corrected chi connectivity index (χ3v) is 4.50. The second kappa shape index (κ2) is 29.7. The van der Waals surface area contributed by atoms with Crippen LogP contribution in [0.4, 0.5) is 0 Å². The van der Waals surface area contributed by atoms with E-state index in [0.29, 0.717) is 105 Å². The maximum absolute atomic E-state index is 11.4. The molecule has 0 aromatic carbocycles. The zero-order valence-electron chi connectivity index (χ0n) is 22.7. The van der Waals surface area contributed by atoms with Gasteiger partial charge in [0.1, 0.15) is 6.61 Å². The van der Waals surface area contributed by atoms with E-state index in [-0.39, 0.29) is 44.4 Å². The molecule has 1 N–H and O–H groups in total. The van der Waals surface area contributed by atoms with Gasteiger partial charge in [-0.2, -0.15) is 0 Å². The Balaban J connectivity index is 3.13. The molecule has 0 heterocycles. The van der Waals surface area contributed by atoms with Gasteiger partial charge in [-0.3, -0.25) is 14.4 Å². The van der Waals surface area contributed by atoms with Gasteiger partial charge in [-0.05, 0) is 19.8 Å².